The van der Waals surface area contributed by atoms with Crippen molar-refractivity contribution in [2.75, 3.05) is 19.7 Å². The van der Waals surface area contributed by atoms with Gasteiger partial charge in [-0.25, -0.2) is 8.78 Å². The quantitative estimate of drug-likeness (QED) is 0.684. The normalized spacial score (nSPS) is 27.5. The van der Waals surface area contributed by atoms with Gasteiger partial charge in [0, 0.05) is 12.5 Å². The SMILES string of the molecule is C[C@H]1CCN(C(=O)[C@@H](O)CO)CC1(F)F. The van der Waals surface area contributed by atoms with Crippen LogP contribution in [0, 0.1) is 5.92 Å². The lowest BCUT2D eigenvalue weighted by Crippen LogP contribution is -2.53. The Hall–Kier alpha value is -0.750. The molecule has 0 spiro atoms. The zero-order valence-corrected chi connectivity index (χ0v) is 8.49. The molecule has 15 heavy (non-hydrogen) atoms. The van der Waals surface area contributed by atoms with Crippen LogP contribution in [0.15, 0.2) is 0 Å². The van der Waals surface area contributed by atoms with Crippen LogP contribution in [0.5, 0.6) is 0 Å². The first kappa shape index (κ1) is 12.3. The molecule has 0 aromatic heterocycles. The third-order valence-corrected chi connectivity index (χ3v) is 2.72. The fraction of sp³-hybridized carbons (Fsp3) is 0.889. The van der Waals surface area contributed by atoms with E-state index in [2.05, 4.69) is 0 Å². The Morgan fingerprint density at radius 1 is 1.67 bits per heavy atom. The number of aliphatic hydroxyl groups is 2. The van der Waals surface area contributed by atoms with Crippen LogP contribution >= 0.6 is 0 Å². The van der Waals surface area contributed by atoms with Crippen LogP contribution in [-0.2, 0) is 4.79 Å². The van der Waals surface area contributed by atoms with E-state index in [0.29, 0.717) is 0 Å². The van der Waals surface area contributed by atoms with Crippen LogP contribution in [0.25, 0.3) is 0 Å². The minimum absolute atomic E-state index is 0.201. The maximum absolute atomic E-state index is 13.2. The molecule has 1 heterocycles. The largest absolute Gasteiger partial charge is 0.393 e. The minimum atomic E-state index is -2.91. The first-order valence-corrected chi connectivity index (χ1v) is 4.84. The average Bonchev–Trinajstić information content (AvgIpc) is 2.19. The van der Waals surface area contributed by atoms with Crippen molar-refractivity contribution in [1.29, 1.82) is 0 Å². The number of carbonyl (C=O) groups excluding carboxylic acids is 1. The summed E-state index contributed by atoms with van der Waals surface area (Å²) in [6, 6.07) is 0. The number of hydrogen-bond acceptors (Lipinski definition) is 3. The molecule has 0 bridgehead atoms. The Kier molecular flexibility index (Phi) is 3.62. The molecule has 0 unspecified atom stereocenters. The Labute approximate surface area is 86.5 Å². The highest BCUT2D eigenvalue weighted by Crippen LogP contribution is 2.32. The molecule has 1 fully saturated rings. The highest BCUT2D eigenvalue weighted by Gasteiger charge is 2.43. The smallest absolute Gasteiger partial charge is 0.267 e. The summed E-state index contributed by atoms with van der Waals surface area (Å²) in [5, 5.41) is 17.6. The Morgan fingerprint density at radius 3 is 2.73 bits per heavy atom. The molecule has 88 valence electrons. The lowest BCUT2D eigenvalue weighted by atomic mass is 9.94. The second-order valence-corrected chi connectivity index (χ2v) is 3.91. The van der Waals surface area contributed by atoms with Crippen molar-refractivity contribution < 1.29 is 23.8 Å². The van der Waals surface area contributed by atoms with E-state index in [1.165, 1.54) is 6.92 Å². The van der Waals surface area contributed by atoms with Gasteiger partial charge in [0.2, 0.25) is 0 Å². The van der Waals surface area contributed by atoms with Crippen molar-refractivity contribution >= 4 is 5.91 Å². The van der Waals surface area contributed by atoms with E-state index in [1.807, 2.05) is 0 Å². The number of rotatable bonds is 2. The molecular formula is C9H15F2NO3. The Bertz CT molecular complexity index is 248. The predicted molar refractivity (Wildman–Crippen MR) is 48.4 cm³/mol. The van der Waals surface area contributed by atoms with Gasteiger partial charge in [-0.15, -0.1) is 0 Å². The molecule has 1 amide bonds. The maximum atomic E-state index is 13.2. The maximum Gasteiger partial charge on any atom is 0.267 e. The van der Waals surface area contributed by atoms with Crippen LogP contribution in [0.3, 0.4) is 0 Å². The highest BCUT2D eigenvalue weighted by molar-refractivity contribution is 5.80. The van der Waals surface area contributed by atoms with E-state index in [1.54, 1.807) is 0 Å². The van der Waals surface area contributed by atoms with Gasteiger partial charge in [-0.2, -0.15) is 0 Å². The molecule has 1 saturated heterocycles. The molecule has 0 aromatic rings. The summed E-state index contributed by atoms with van der Waals surface area (Å²) in [5.74, 6) is -4.50. The first-order valence-electron chi connectivity index (χ1n) is 4.84. The van der Waals surface area contributed by atoms with Crippen molar-refractivity contribution in [3.63, 3.8) is 0 Å². The first-order chi connectivity index (χ1) is 6.88. The number of halogens is 2. The van der Waals surface area contributed by atoms with Crippen LogP contribution in [0.4, 0.5) is 8.78 Å². The van der Waals surface area contributed by atoms with Crippen LogP contribution in [0.1, 0.15) is 13.3 Å². The zero-order valence-electron chi connectivity index (χ0n) is 8.49. The molecule has 2 N–H and O–H groups in total. The number of hydrogen-bond donors (Lipinski definition) is 2. The van der Waals surface area contributed by atoms with Gasteiger partial charge < -0.3 is 15.1 Å². The monoisotopic (exact) mass is 223 g/mol. The molecule has 1 aliphatic rings. The second kappa shape index (κ2) is 4.40. The second-order valence-electron chi connectivity index (χ2n) is 3.91. The van der Waals surface area contributed by atoms with Gasteiger partial charge in [0.25, 0.3) is 11.8 Å². The molecule has 0 aromatic carbocycles. The van der Waals surface area contributed by atoms with Gasteiger partial charge in [-0.3, -0.25) is 4.79 Å². The minimum Gasteiger partial charge on any atom is -0.393 e. The Morgan fingerprint density at radius 2 is 2.27 bits per heavy atom. The van der Waals surface area contributed by atoms with Crippen molar-refractivity contribution in [1.82, 2.24) is 4.90 Å². The molecule has 1 rings (SSSR count). The molecule has 6 heteroatoms. The van der Waals surface area contributed by atoms with Crippen molar-refractivity contribution in [3.8, 4) is 0 Å². The van der Waals surface area contributed by atoms with E-state index in [0.717, 1.165) is 4.90 Å². The summed E-state index contributed by atoms with van der Waals surface area (Å²) in [6.45, 7) is 0.220. The van der Waals surface area contributed by atoms with Crippen molar-refractivity contribution in [2.24, 2.45) is 5.92 Å². The molecule has 2 atom stereocenters. The van der Waals surface area contributed by atoms with Gasteiger partial charge in [0.05, 0.1) is 13.2 Å². The summed E-state index contributed by atoms with van der Waals surface area (Å²) in [6.07, 6.45) is -1.38. The molecule has 0 aliphatic carbocycles. The number of aliphatic hydroxyl groups excluding tert-OH is 2. The summed E-state index contributed by atoms with van der Waals surface area (Å²) in [4.78, 5) is 12.2. The van der Waals surface area contributed by atoms with E-state index >= 15 is 0 Å². The van der Waals surface area contributed by atoms with Gasteiger partial charge in [0.15, 0.2) is 6.10 Å². The van der Waals surface area contributed by atoms with E-state index in [4.69, 9.17) is 10.2 Å². The Balaban J connectivity index is 2.63. The zero-order chi connectivity index (χ0) is 11.6. The lowest BCUT2D eigenvalue weighted by molar-refractivity contribution is -0.158. The molecule has 4 nitrogen and oxygen atoms in total. The highest BCUT2D eigenvalue weighted by atomic mass is 19.3. The summed E-state index contributed by atoms with van der Waals surface area (Å²) in [5.41, 5.74) is 0. The molecule has 1 aliphatic heterocycles. The lowest BCUT2D eigenvalue weighted by Gasteiger charge is -2.37. The molecule has 0 saturated carbocycles. The number of alkyl halides is 2. The topological polar surface area (TPSA) is 60.8 Å². The predicted octanol–water partition coefficient (Wildman–Crippen LogP) is -0.157. The summed E-state index contributed by atoms with van der Waals surface area (Å²) < 4.78 is 26.5. The number of carbonyl (C=O) groups is 1. The van der Waals surface area contributed by atoms with Gasteiger partial charge in [0.1, 0.15) is 0 Å². The van der Waals surface area contributed by atoms with Gasteiger partial charge >= 0.3 is 0 Å². The molecular weight excluding hydrogens is 208 g/mol. The number of amides is 1. The summed E-state index contributed by atoms with van der Waals surface area (Å²) >= 11 is 0. The number of piperidine rings is 1. The number of nitrogens with zero attached hydrogens (tertiary/aromatic N) is 1. The van der Waals surface area contributed by atoms with Crippen LogP contribution in [-0.4, -0.2) is 52.7 Å². The van der Waals surface area contributed by atoms with Gasteiger partial charge in [-0.05, 0) is 6.42 Å². The average molecular weight is 223 g/mol. The van der Waals surface area contributed by atoms with Gasteiger partial charge in [-0.1, -0.05) is 6.92 Å². The summed E-state index contributed by atoms with van der Waals surface area (Å²) in [7, 11) is 0. The van der Waals surface area contributed by atoms with E-state index in [-0.39, 0.29) is 13.0 Å². The fourth-order valence-corrected chi connectivity index (χ4v) is 1.53. The van der Waals surface area contributed by atoms with Crippen LogP contribution in [0.2, 0.25) is 0 Å². The number of likely N-dealkylation sites (tertiary alicyclic amines) is 1. The van der Waals surface area contributed by atoms with Crippen molar-refractivity contribution in [2.45, 2.75) is 25.4 Å². The third kappa shape index (κ3) is 2.63. The fourth-order valence-electron chi connectivity index (χ4n) is 1.53. The molecule has 0 radical (unpaired) electrons. The van der Waals surface area contributed by atoms with E-state index < -0.39 is 37.0 Å². The van der Waals surface area contributed by atoms with E-state index in [9.17, 15) is 13.6 Å². The van der Waals surface area contributed by atoms with Crippen molar-refractivity contribution in [3.05, 3.63) is 0 Å². The third-order valence-electron chi connectivity index (χ3n) is 2.72. The van der Waals surface area contributed by atoms with Crippen LogP contribution < -0.4 is 0 Å². The standard InChI is InChI=1S/C9H15F2NO3/c1-6-2-3-12(5-9(6,10)11)8(15)7(14)4-13/h6-7,13-14H,2-5H2,1H3/t6-,7-/m0/s1.